The highest BCUT2D eigenvalue weighted by molar-refractivity contribution is 7.89. The lowest BCUT2D eigenvalue weighted by molar-refractivity contribution is -0.384. The maximum Gasteiger partial charge on any atom is 0.293 e. The van der Waals surface area contributed by atoms with Gasteiger partial charge in [-0.3, -0.25) is 14.9 Å². The summed E-state index contributed by atoms with van der Waals surface area (Å²) >= 11 is 0. The number of rotatable bonds is 8. The van der Waals surface area contributed by atoms with Crippen LogP contribution in [0.2, 0.25) is 0 Å². The fourth-order valence-electron chi connectivity index (χ4n) is 3.77. The average Bonchev–Trinajstić information content (AvgIpc) is 3.64. The first-order chi connectivity index (χ1) is 15.3. The Kier molecular flexibility index (Phi) is 6.43. The molecule has 0 radical (unpaired) electrons. The van der Waals surface area contributed by atoms with Gasteiger partial charge in [0.05, 0.1) is 9.82 Å². The van der Waals surface area contributed by atoms with Crippen LogP contribution in [-0.2, 0) is 21.4 Å². The fraction of sp³-hybridized carbons (Fsp3) is 0.409. The van der Waals surface area contributed by atoms with Gasteiger partial charge in [0.2, 0.25) is 15.9 Å². The van der Waals surface area contributed by atoms with Crippen LogP contribution in [0, 0.1) is 16.0 Å². The molecule has 1 saturated heterocycles. The van der Waals surface area contributed by atoms with E-state index in [0.29, 0.717) is 18.8 Å². The van der Waals surface area contributed by atoms with Gasteiger partial charge in [-0.15, -0.1) is 0 Å². The summed E-state index contributed by atoms with van der Waals surface area (Å²) in [7, 11) is -3.76. The molecule has 10 heteroatoms. The Morgan fingerprint density at radius 3 is 2.53 bits per heavy atom. The number of anilines is 2. The average molecular weight is 459 g/mol. The van der Waals surface area contributed by atoms with Crippen molar-refractivity contribution in [2.45, 2.75) is 43.5 Å². The zero-order chi connectivity index (χ0) is 22.7. The monoisotopic (exact) mass is 458 g/mol. The number of nitrogens with zero attached hydrogens (tertiary/aromatic N) is 2. The number of benzene rings is 2. The summed E-state index contributed by atoms with van der Waals surface area (Å²) in [6, 6.07) is 11.2. The minimum Gasteiger partial charge on any atom is -0.375 e. The summed E-state index contributed by atoms with van der Waals surface area (Å²) in [6.45, 7) is 1.15. The van der Waals surface area contributed by atoms with Gasteiger partial charge in [0.15, 0.2) is 0 Å². The second-order valence-electron chi connectivity index (χ2n) is 8.22. The Hall–Kier alpha value is -2.98. The third-order valence-corrected chi connectivity index (χ3v) is 7.64. The number of amides is 1. The third-order valence-electron chi connectivity index (χ3n) is 5.74. The molecule has 0 bridgehead atoms. The van der Waals surface area contributed by atoms with Crippen molar-refractivity contribution in [1.29, 1.82) is 0 Å². The van der Waals surface area contributed by atoms with Gasteiger partial charge in [0.25, 0.3) is 5.69 Å². The van der Waals surface area contributed by atoms with E-state index in [1.54, 1.807) is 6.07 Å². The number of carbonyl (C=O) groups excluding carboxylic acids is 1. The number of carbonyl (C=O) groups is 1. The molecular formula is C22H26N4O5S. The van der Waals surface area contributed by atoms with Crippen molar-refractivity contribution in [2.75, 3.05) is 23.7 Å². The van der Waals surface area contributed by atoms with Crippen LogP contribution in [0.1, 0.15) is 37.7 Å². The van der Waals surface area contributed by atoms with Crippen LogP contribution in [0.25, 0.3) is 0 Å². The number of piperidine rings is 1. The molecule has 0 atom stereocenters. The van der Waals surface area contributed by atoms with E-state index in [2.05, 4.69) is 10.6 Å². The zero-order valence-corrected chi connectivity index (χ0v) is 18.4. The molecule has 1 aliphatic carbocycles. The Morgan fingerprint density at radius 2 is 1.84 bits per heavy atom. The van der Waals surface area contributed by atoms with Gasteiger partial charge in [0, 0.05) is 37.3 Å². The zero-order valence-electron chi connectivity index (χ0n) is 17.6. The summed E-state index contributed by atoms with van der Waals surface area (Å²) in [5.74, 6) is 0.107. The van der Waals surface area contributed by atoms with Crippen molar-refractivity contribution in [3.8, 4) is 0 Å². The first-order valence-electron chi connectivity index (χ1n) is 10.8. The lowest BCUT2D eigenvalue weighted by atomic mass is 10.2. The minimum atomic E-state index is -3.76. The smallest absolute Gasteiger partial charge is 0.293 e. The summed E-state index contributed by atoms with van der Waals surface area (Å²) in [5.41, 5.74) is 1.46. The molecule has 1 aliphatic heterocycles. The molecule has 1 amide bonds. The van der Waals surface area contributed by atoms with Crippen LogP contribution in [0.4, 0.5) is 17.1 Å². The molecule has 2 aromatic rings. The predicted molar refractivity (Wildman–Crippen MR) is 121 cm³/mol. The molecule has 2 aromatic carbocycles. The number of nitro benzene ring substituents is 1. The van der Waals surface area contributed by atoms with Crippen LogP contribution in [0.15, 0.2) is 47.4 Å². The van der Waals surface area contributed by atoms with Crippen molar-refractivity contribution in [3.63, 3.8) is 0 Å². The molecule has 170 valence electrons. The normalized spacial score (nSPS) is 17.0. The summed E-state index contributed by atoms with van der Waals surface area (Å²) < 4.78 is 27.2. The van der Waals surface area contributed by atoms with Crippen molar-refractivity contribution >= 4 is 33.0 Å². The largest absolute Gasteiger partial charge is 0.375 e. The highest BCUT2D eigenvalue weighted by Gasteiger charge is 2.30. The van der Waals surface area contributed by atoms with Gasteiger partial charge in [-0.1, -0.05) is 18.6 Å². The highest BCUT2D eigenvalue weighted by atomic mass is 32.2. The minimum absolute atomic E-state index is 0.0104. The quantitative estimate of drug-likeness (QED) is 0.459. The van der Waals surface area contributed by atoms with Crippen molar-refractivity contribution in [1.82, 2.24) is 4.31 Å². The maximum atomic E-state index is 12.9. The van der Waals surface area contributed by atoms with E-state index in [0.717, 1.165) is 43.7 Å². The molecule has 0 aromatic heterocycles. The Morgan fingerprint density at radius 1 is 1.09 bits per heavy atom. The molecule has 1 heterocycles. The van der Waals surface area contributed by atoms with Gasteiger partial charge in [0.1, 0.15) is 5.69 Å². The van der Waals surface area contributed by atoms with E-state index in [4.69, 9.17) is 0 Å². The van der Waals surface area contributed by atoms with E-state index in [9.17, 15) is 23.3 Å². The molecule has 2 aliphatic rings. The van der Waals surface area contributed by atoms with Gasteiger partial charge in [-0.05, 0) is 55.5 Å². The van der Waals surface area contributed by atoms with Crippen LogP contribution < -0.4 is 10.6 Å². The first kappa shape index (κ1) is 22.2. The van der Waals surface area contributed by atoms with Crippen LogP contribution >= 0.6 is 0 Å². The number of nitrogens with one attached hydrogen (secondary N) is 2. The molecule has 1 saturated carbocycles. The van der Waals surface area contributed by atoms with E-state index in [-0.39, 0.29) is 34.6 Å². The molecule has 2 fully saturated rings. The predicted octanol–water partition coefficient (Wildman–Crippen LogP) is 3.73. The first-order valence-corrected chi connectivity index (χ1v) is 12.2. The second kappa shape index (κ2) is 9.25. The van der Waals surface area contributed by atoms with Crippen molar-refractivity contribution < 1.29 is 18.1 Å². The summed E-state index contributed by atoms with van der Waals surface area (Å²) in [6.07, 6.45) is 4.41. The molecule has 2 N–H and O–H groups in total. The molecule has 9 nitrogen and oxygen atoms in total. The summed E-state index contributed by atoms with van der Waals surface area (Å²) in [5, 5.41) is 17.5. The SMILES string of the molecule is O=C(Nc1cccc(CNc2ccc(S(=O)(=O)N3CCCCC3)cc2[N+](=O)[O-])c1)C1CC1. The van der Waals surface area contributed by atoms with Crippen molar-refractivity contribution in [2.24, 2.45) is 5.92 Å². The second-order valence-corrected chi connectivity index (χ2v) is 10.2. The number of hydrogen-bond acceptors (Lipinski definition) is 6. The Bertz CT molecular complexity index is 1120. The van der Waals surface area contributed by atoms with Crippen LogP contribution in [0.3, 0.4) is 0 Å². The van der Waals surface area contributed by atoms with E-state index >= 15 is 0 Å². The van der Waals surface area contributed by atoms with Gasteiger partial charge < -0.3 is 10.6 Å². The van der Waals surface area contributed by atoms with E-state index in [1.165, 1.54) is 16.4 Å². The van der Waals surface area contributed by atoms with E-state index in [1.807, 2.05) is 18.2 Å². The van der Waals surface area contributed by atoms with Crippen molar-refractivity contribution in [3.05, 3.63) is 58.1 Å². The lowest BCUT2D eigenvalue weighted by Gasteiger charge is -2.25. The van der Waals surface area contributed by atoms with Gasteiger partial charge in [-0.2, -0.15) is 4.31 Å². The van der Waals surface area contributed by atoms with Gasteiger partial charge in [-0.25, -0.2) is 8.42 Å². The van der Waals surface area contributed by atoms with Crippen LogP contribution in [0.5, 0.6) is 0 Å². The topological polar surface area (TPSA) is 122 Å². The van der Waals surface area contributed by atoms with Crippen LogP contribution in [-0.4, -0.2) is 36.6 Å². The molecule has 32 heavy (non-hydrogen) atoms. The molecule has 0 spiro atoms. The number of hydrogen-bond donors (Lipinski definition) is 2. The highest BCUT2D eigenvalue weighted by Crippen LogP contribution is 2.31. The Labute approximate surface area is 187 Å². The fourth-order valence-corrected chi connectivity index (χ4v) is 5.31. The summed E-state index contributed by atoms with van der Waals surface area (Å²) in [4.78, 5) is 23.0. The standard InChI is InChI=1S/C22H26N4O5S/c27-22(17-7-8-17)24-18-6-4-5-16(13-18)15-23-20-10-9-19(14-21(20)26(28)29)32(30,31)25-11-2-1-3-12-25/h4-6,9-10,13-14,17,23H,1-3,7-8,11-12,15H2,(H,24,27). The number of nitro groups is 1. The van der Waals surface area contributed by atoms with E-state index < -0.39 is 14.9 Å². The molecule has 4 rings (SSSR count). The lowest BCUT2D eigenvalue weighted by Crippen LogP contribution is -2.35. The molecular weight excluding hydrogens is 432 g/mol. The molecule has 0 unspecified atom stereocenters. The third kappa shape index (κ3) is 5.08. The number of sulfonamides is 1. The maximum absolute atomic E-state index is 12.9. The van der Waals surface area contributed by atoms with Gasteiger partial charge >= 0.3 is 0 Å². The Balaban J connectivity index is 1.49.